The number of nitrogens with one attached hydrogen (secondary N) is 2. The van der Waals surface area contributed by atoms with Gasteiger partial charge in [0.25, 0.3) is 0 Å². The van der Waals surface area contributed by atoms with E-state index in [2.05, 4.69) is 15.6 Å². The van der Waals surface area contributed by atoms with Crippen molar-refractivity contribution in [3.05, 3.63) is 30.1 Å². The van der Waals surface area contributed by atoms with Gasteiger partial charge in [-0.25, -0.2) is 0 Å². The number of carbonyl (C=O) groups is 2. The molecule has 0 fully saturated rings. The van der Waals surface area contributed by atoms with E-state index in [1.165, 1.54) is 14.0 Å². The molecule has 0 aliphatic carbocycles. The first-order chi connectivity index (χ1) is 10.0. The van der Waals surface area contributed by atoms with Crippen molar-refractivity contribution < 1.29 is 14.3 Å². The van der Waals surface area contributed by atoms with Gasteiger partial charge in [-0.1, -0.05) is 19.9 Å². The lowest BCUT2D eigenvalue weighted by Crippen LogP contribution is -2.51. The van der Waals surface area contributed by atoms with Crippen molar-refractivity contribution in [1.29, 1.82) is 0 Å². The molecule has 1 aromatic rings. The normalized spacial score (nSPS) is 12.4. The Morgan fingerprint density at radius 2 is 2.05 bits per heavy atom. The highest BCUT2D eigenvalue weighted by Gasteiger charge is 2.25. The molecule has 2 unspecified atom stereocenters. The van der Waals surface area contributed by atoms with Crippen LogP contribution in [0.15, 0.2) is 24.5 Å². The number of pyridine rings is 1. The number of aromatic nitrogens is 1. The maximum atomic E-state index is 11.7. The molecule has 0 aliphatic rings. The van der Waals surface area contributed by atoms with E-state index in [1.54, 1.807) is 19.3 Å². The van der Waals surface area contributed by atoms with Crippen LogP contribution < -0.4 is 10.6 Å². The highest BCUT2D eigenvalue weighted by Crippen LogP contribution is 2.05. The lowest BCUT2D eigenvalue weighted by atomic mass is 10.1. The summed E-state index contributed by atoms with van der Waals surface area (Å²) in [7, 11) is 1.52. The third kappa shape index (κ3) is 7.41. The second-order valence-electron chi connectivity index (χ2n) is 4.17. The van der Waals surface area contributed by atoms with Crippen molar-refractivity contribution in [3.63, 3.8) is 0 Å². The number of hydrogen-bond acceptors (Lipinski definition) is 4. The van der Waals surface area contributed by atoms with Gasteiger partial charge < -0.3 is 15.4 Å². The molecule has 1 heterocycles. The van der Waals surface area contributed by atoms with E-state index >= 15 is 0 Å². The second kappa shape index (κ2) is 10.8. The van der Waals surface area contributed by atoms with Crippen LogP contribution in [0.5, 0.6) is 0 Å². The molecule has 1 rings (SSSR count). The minimum absolute atomic E-state index is 0.273. The number of hydrogen-bond donors (Lipinski definition) is 2. The van der Waals surface area contributed by atoms with Crippen LogP contribution in [0, 0.1) is 0 Å². The van der Waals surface area contributed by atoms with Crippen molar-refractivity contribution in [2.45, 2.75) is 46.4 Å². The molecule has 118 valence electrons. The molecular formula is C15H25N3O3. The van der Waals surface area contributed by atoms with Crippen LogP contribution in [-0.2, 0) is 20.9 Å². The number of rotatable bonds is 6. The van der Waals surface area contributed by atoms with Crippen LogP contribution in [0.4, 0.5) is 0 Å². The summed E-state index contributed by atoms with van der Waals surface area (Å²) < 4.78 is 5.60. The van der Waals surface area contributed by atoms with Crippen LogP contribution in [-0.4, -0.2) is 36.0 Å². The molecule has 0 aromatic carbocycles. The Morgan fingerprint density at radius 1 is 1.38 bits per heavy atom. The summed E-state index contributed by atoms with van der Waals surface area (Å²) in [6, 6.07) is 2.99. The number of likely N-dealkylation sites (N-methyl/N-ethyl adjacent to an activating group) is 1. The molecule has 6 nitrogen and oxygen atoms in total. The predicted molar refractivity (Wildman–Crippen MR) is 81.5 cm³/mol. The molecular weight excluding hydrogens is 270 g/mol. The highest BCUT2D eigenvalue weighted by molar-refractivity contribution is 5.87. The summed E-state index contributed by atoms with van der Waals surface area (Å²) in [5.74, 6) is -0.556. The van der Waals surface area contributed by atoms with Gasteiger partial charge in [-0.2, -0.15) is 0 Å². The summed E-state index contributed by atoms with van der Waals surface area (Å²) in [5, 5.41) is 5.08. The molecule has 0 spiro atoms. The van der Waals surface area contributed by atoms with Crippen LogP contribution in [0.2, 0.25) is 0 Å². The van der Waals surface area contributed by atoms with E-state index in [0.717, 1.165) is 5.56 Å². The fourth-order valence-corrected chi connectivity index (χ4v) is 1.58. The van der Waals surface area contributed by atoms with E-state index < -0.39 is 12.1 Å². The minimum Gasteiger partial charge on any atom is -0.371 e. The number of amides is 2. The number of ether oxygens (including phenoxy) is 1. The summed E-state index contributed by atoms with van der Waals surface area (Å²) in [6.07, 6.45) is 2.93. The van der Waals surface area contributed by atoms with Crippen molar-refractivity contribution in [2.75, 3.05) is 7.05 Å². The van der Waals surface area contributed by atoms with Gasteiger partial charge in [0.05, 0.1) is 12.7 Å². The summed E-state index contributed by atoms with van der Waals surface area (Å²) >= 11 is 0. The molecule has 1 aromatic heterocycles. The Balaban J connectivity index is 0.00000191. The molecule has 0 bridgehead atoms. The Morgan fingerprint density at radius 3 is 2.52 bits per heavy atom. The van der Waals surface area contributed by atoms with E-state index in [1.807, 2.05) is 26.0 Å². The molecule has 21 heavy (non-hydrogen) atoms. The molecule has 0 saturated heterocycles. The quantitative estimate of drug-likeness (QED) is 0.828. The fourth-order valence-electron chi connectivity index (χ4n) is 1.58. The topological polar surface area (TPSA) is 80.3 Å². The molecule has 2 amide bonds. The van der Waals surface area contributed by atoms with Gasteiger partial charge in [-0.3, -0.25) is 14.6 Å². The Labute approximate surface area is 126 Å². The molecule has 2 atom stereocenters. The van der Waals surface area contributed by atoms with Crippen molar-refractivity contribution in [2.24, 2.45) is 0 Å². The highest BCUT2D eigenvalue weighted by atomic mass is 16.5. The van der Waals surface area contributed by atoms with Gasteiger partial charge in [-0.05, 0) is 18.6 Å². The van der Waals surface area contributed by atoms with E-state index in [-0.39, 0.29) is 11.8 Å². The standard InChI is InChI=1S/C13H19N3O3.C2H6/c1-9(12(13(18)14-3)16-10(2)17)19-8-11-5-4-6-15-7-11;1-2/h4-7,9,12H,8H2,1-3H3,(H,14,18)(H,16,17);1-2H3. The minimum atomic E-state index is -0.709. The monoisotopic (exact) mass is 295 g/mol. The molecule has 2 N–H and O–H groups in total. The first-order valence-corrected chi connectivity index (χ1v) is 7.03. The zero-order chi connectivity index (χ0) is 16.3. The van der Waals surface area contributed by atoms with E-state index in [4.69, 9.17) is 4.74 Å². The van der Waals surface area contributed by atoms with Crippen LogP contribution in [0.3, 0.4) is 0 Å². The average molecular weight is 295 g/mol. The van der Waals surface area contributed by atoms with Crippen molar-refractivity contribution in [3.8, 4) is 0 Å². The number of carbonyl (C=O) groups excluding carboxylic acids is 2. The third-order valence-electron chi connectivity index (χ3n) is 2.59. The first kappa shape index (κ1) is 19.1. The van der Waals surface area contributed by atoms with Gasteiger partial charge in [0.2, 0.25) is 11.8 Å². The van der Waals surface area contributed by atoms with Crippen LogP contribution in [0.1, 0.15) is 33.3 Å². The Bertz CT molecular complexity index is 423. The van der Waals surface area contributed by atoms with Gasteiger partial charge in [0, 0.05) is 26.4 Å². The SMILES string of the molecule is CC.CNC(=O)C(NC(C)=O)C(C)OCc1cccnc1. The lowest BCUT2D eigenvalue weighted by Gasteiger charge is -2.23. The van der Waals surface area contributed by atoms with Gasteiger partial charge in [0.1, 0.15) is 6.04 Å². The van der Waals surface area contributed by atoms with Crippen LogP contribution in [0.25, 0.3) is 0 Å². The lowest BCUT2D eigenvalue weighted by molar-refractivity contribution is -0.132. The van der Waals surface area contributed by atoms with Crippen LogP contribution >= 0.6 is 0 Å². The fraction of sp³-hybridized carbons (Fsp3) is 0.533. The average Bonchev–Trinajstić information content (AvgIpc) is 2.52. The maximum absolute atomic E-state index is 11.7. The molecule has 0 radical (unpaired) electrons. The first-order valence-electron chi connectivity index (χ1n) is 7.03. The smallest absolute Gasteiger partial charge is 0.245 e. The van der Waals surface area contributed by atoms with Gasteiger partial charge in [0.15, 0.2) is 0 Å². The number of nitrogens with zero attached hydrogens (tertiary/aromatic N) is 1. The largest absolute Gasteiger partial charge is 0.371 e. The summed E-state index contributed by atoms with van der Waals surface area (Å²) in [4.78, 5) is 26.8. The molecule has 0 saturated carbocycles. The maximum Gasteiger partial charge on any atom is 0.245 e. The zero-order valence-corrected chi connectivity index (χ0v) is 13.3. The zero-order valence-electron chi connectivity index (χ0n) is 13.3. The van der Waals surface area contributed by atoms with E-state index in [9.17, 15) is 9.59 Å². The molecule has 0 aliphatic heterocycles. The van der Waals surface area contributed by atoms with Crippen molar-refractivity contribution in [1.82, 2.24) is 15.6 Å². The van der Waals surface area contributed by atoms with Gasteiger partial charge in [-0.15, -0.1) is 0 Å². The predicted octanol–water partition coefficient (Wildman–Crippen LogP) is 1.26. The van der Waals surface area contributed by atoms with Gasteiger partial charge >= 0.3 is 0 Å². The van der Waals surface area contributed by atoms with E-state index in [0.29, 0.717) is 6.61 Å². The Hall–Kier alpha value is -1.95. The second-order valence-corrected chi connectivity index (χ2v) is 4.17. The Kier molecular flexibility index (Phi) is 9.79. The summed E-state index contributed by atoms with van der Waals surface area (Å²) in [6.45, 7) is 7.44. The van der Waals surface area contributed by atoms with Crippen molar-refractivity contribution >= 4 is 11.8 Å². The molecule has 6 heteroatoms. The summed E-state index contributed by atoms with van der Waals surface area (Å²) in [5.41, 5.74) is 0.910. The third-order valence-corrected chi connectivity index (χ3v) is 2.59.